The highest BCUT2D eigenvalue weighted by Crippen LogP contribution is 2.19. The second-order valence-electron chi connectivity index (χ2n) is 8.51. The summed E-state index contributed by atoms with van der Waals surface area (Å²) in [7, 11) is 1.76. The number of hydrogen-bond donors (Lipinski definition) is 1. The number of likely N-dealkylation sites (N-methyl/N-ethyl adjacent to an activating group) is 1. The zero-order valence-electron chi connectivity index (χ0n) is 19.1. The lowest BCUT2D eigenvalue weighted by Gasteiger charge is -2.35. The van der Waals surface area contributed by atoms with Crippen LogP contribution in [0.3, 0.4) is 0 Å². The lowest BCUT2D eigenvalue weighted by molar-refractivity contribution is -0.136. The van der Waals surface area contributed by atoms with Crippen LogP contribution in [0.4, 0.5) is 0 Å². The highest BCUT2D eigenvalue weighted by molar-refractivity contribution is 5.94. The van der Waals surface area contributed by atoms with Gasteiger partial charge in [-0.15, -0.1) is 5.10 Å². The van der Waals surface area contributed by atoms with Crippen LogP contribution < -0.4 is 0 Å². The minimum Gasteiger partial charge on any atom is -0.394 e. The average Bonchev–Trinajstić information content (AvgIpc) is 3.25. The van der Waals surface area contributed by atoms with Gasteiger partial charge in [0.05, 0.1) is 37.3 Å². The molecule has 32 heavy (non-hydrogen) atoms. The summed E-state index contributed by atoms with van der Waals surface area (Å²) in [6, 6.07) is 8.84. The summed E-state index contributed by atoms with van der Waals surface area (Å²) in [5.74, 6) is -0.160. The molecule has 1 aliphatic heterocycles. The lowest BCUT2D eigenvalue weighted by Crippen LogP contribution is -2.47. The molecule has 1 aromatic carbocycles. The number of fused-ring (bicyclic) bond motifs is 1. The first-order valence-electron chi connectivity index (χ1n) is 11.1. The molecule has 2 aromatic rings. The number of nitrogens with zero attached hydrogens (tertiary/aromatic N) is 5. The van der Waals surface area contributed by atoms with E-state index in [0.29, 0.717) is 44.6 Å². The second-order valence-corrected chi connectivity index (χ2v) is 8.51. The summed E-state index contributed by atoms with van der Waals surface area (Å²) in [6.07, 6.45) is 2.36. The van der Waals surface area contributed by atoms with E-state index in [1.54, 1.807) is 39.9 Å². The van der Waals surface area contributed by atoms with Crippen molar-refractivity contribution in [3.63, 3.8) is 0 Å². The number of aryl methyl sites for hydroxylation is 1. The molecule has 9 nitrogen and oxygen atoms in total. The first kappa shape index (κ1) is 23.9. The first-order valence-corrected chi connectivity index (χ1v) is 11.1. The maximum atomic E-state index is 12.9. The zero-order chi connectivity index (χ0) is 23.1. The van der Waals surface area contributed by atoms with Crippen LogP contribution in [0.15, 0.2) is 36.5 Å². The number of aliphatic hydroxyl groups is 1. The number of aliphatic hydroxyl groups excluding tert-OH is 1. The van der Waals surface area contributed by atoms with Crippen molar-refractivity contribution in [1.82, 2.24) is 24.8 Å². The predicted octanol–water partition coefficient (Wildman–Crippen LogP) is 1.57. The van der Waals surface area contributed by atoms with Crippen LogP contribution in [0.5, 0.6) is 0 Å². The van der Waals surface area contributed by atoms with E-state index < -0.39 is 0 Å². The molecule has 1 aromatic heterocycles. The van der Waals surface area contributed by atoms with Crippen LogP contribution >= 0.6 is 0 Å². The number of rotatable bonds is 5. The van der Waals surface area contributed by atoms with Crippen molar-refractivity contribution in [2.45, 2.75) is 52.0 Å². The van der Waals surface area contributed by atoms with Crippen LogP contribution in [0.2, 0.25) is 0 Å². The Labute approximate surface area is 189 Å². The van der Waals surface area contributed by atoms with Gasteiger partial charge in [0, 0.05) is 44.6 Å². The fraction of sp³-hybridized carbons (Fsp3) is 0.565. The molecular weight excluding hydrogens is 410 g/mol. The molecular formula is C23H33N5O4. The maximum Gasteiger partial charge on any atom is 0.253 e. The van der Waals surface area contributed by atoms with Gasteiger partial charge in [-0.1, -0.05) is 30.3 Å². The largest absolute Gasteiger partial charge is 0.394 e. The predicted molar refractivity (Wildman–Crippen MR) is 119 cm³/mol. The average molecular weight is 444 g/mol. The number of ether oxygens (including phenoxy) is 1. The van der Waals surface area contributed by atoms with Crippen LogP contribution in [-0.4, -0.2) is 80.6 Å². The number of aromatic nitrogens is 3. The molecule has 1 aliphatic rings. The van der Waals surface area contributed by atoms with Crippen LogP contribution in [0.1, 0.15) is 42.7 Å². The third-order valence-corrected chi connectivity index (χ3v) is 5.96. The van der Waals surface area contributed by atoms with E-state index in [2.05, 4.69) is 10.3 Å². The van der Waals surface area contributed by atoms with E-state index in [4.69, 9.17) is 4.74 Å². The van der Waals surface area contributed by atoms with Gasteiger partial charge in [0.1, 0.15) is 0 Å². The monoisotopic (exact) mass is 443 g/mol. The Hall–Kier alpha value is -2.78. The zero-order valence-corrected chi connectivity index (χ0v) is 19.1. The fourth-order valence-electron chi connectivity index (χ4n) is 3.90. The molecule has 2 heterocycles. The van der Waals surface area contributed by atoms with Crippen LogP contribution in [0, 0.1) is 5.92 Å². The standard InChI is InChI=1S/C23H33N5O4/c1-17-13-27(18(2)15-29)22(30)10-7-11-28-20(12-24-25-28)16-32-21(17)14-26(3)23(31)19-8-5-4-6-9-19/h4-6,8-9,12,17-18,21,29H,7,10-11,13-16H2,1-3H3/t17-,18-,21+/m1/s1. The molecule has 0 spiro atoms. The Balaban J connectivity index is 1.81. The summed E-state index contributed by atoms with van der Waals surface area (Å²) < 4.78 is 8.03. The number of benzene rings is 1. The van der Waals surface area contributed by atoms with Crippen molar-refractivity contribution in [2.75, 3.05) is 26.7 Å². The van der Waals surface area contributed by atoms with Gasteiger partial charge in [-0.25, -0.2) is 4.68 Å². The van der Waals surface area contributed by atoms with Crippen LogP contribution in [0.25, 0.3) is 0 Å². The Kier molecular flexibility index (Phi) is 8.35. The quantitative estimate of drug-likeness (QED) is 0.753. The van der Waals surface area contributed by atoms with Gasteiger partial charge in [-0.2, -0.15) is 0 Å². The normalized spacial score (nSPS) is 21.2. The molecule has 0 aliphatic carbocycles. The van der Waals surface area contributed by atoms with Gasteiger partial charge in [0.2, 0.25) is 5.91 Å². The van der Waals surface area contributed by atoms with Gasteiger partial charge in [0.25, 0.3) is 5.91 Å². The molecule has 3 rings (SSSR count). The molecule has 0 saturated heterocycles. The Bertz CT molecular complexity index is 888. The lowest BCUT2D eigenvalue weighted by atomic mass is 10.0. The molecule has 0 unspecified atom stereocenters. The van der Waals surface area contributed by atoms with Gasteiger partial charge < -0.3 is 19.6 Å². The molecule has 9 heteroatoms. The number of carbonyl (C=O) groups excluding carboxylic acids is 2. The first-order chi connectivity index (χ1) is 15.4. The number of carbonyl (C=O) groups is 2. The van der Waals surface area contributed by atoms with E-state index in [1.165, 1.54) is 0 Å². The second kappa shape index (κ2) is 11.2. The molecule has 1 N–H and O–H groups in total. The summed E-state index contributed by atoms with van der Waals surface area (Å²) in [4.78, 5) is 29.2. The van der Waals surface area contributed by atoms with Crippen molar-refractivity contribution in [2.24, 2.45) is 5.92 Å². The molecule has 0 radical (unpaired) electrons. The summed E-state index contributed by atoms with van der Waals surface area (Å²) in [6.45, 7) is 5.44. The highest BCUT2D eigenvalue weighted by atomic mass is 16.5. The van der Waals surface area contributed by atoms with E-state index in [0.717, 1.165) is 5.69 Å². The minimum atomic E-state index is -0.323. The third-order valence-electron chi connectivity index (χ3n) is 5.96. The summed E-state index contributed by atoms with van der Waals surface area (Å²) in [5.41, 5.74) is 1.46. The Morgan fingerprint density at radius 1 is 1.34 bits per heavy atom. The molecule has 0 fully saturated rings. The third kappa shape index (κ3) is 5.92. The summed E-state index contributed by atoms with van der Waals surface area (Å²) >= 11 is 0. The van der Waals surface area contributed by atoms with Gasteiger partial charge >= 0.3 is 0 Å². The van der Waals surface area contributed by atoms with Crippen molar-refractivity contribution in [1.29, 1.82) is 0 Å². The SMILES string of the molecule is C[C@@H]1CN([C@H](C)CO)C(=O)CCCn2nncc2CO[C@H]1CN(C)C(=O)c1ccccc1. The molecule has 2 amide bonds. The van der Waals surface area contributed by atoms with Crippen LogP contribution in [-0.2, 0) is 22.7 Å². The molecule has 0 bridgehead atoms. The number of hydrogen-bond acceptors (Lipinski definition) is 6. The van der Waals surface area contributed by atoms with E-state index in [1.807, 2.05) is 32.0 Å². The highest BCUT2D eigenvalue weighted by Gasteiger charge is 2.29. The Morgan fingerprint density at radius 3 is 2.81 bits per heavy atom. The van der Waals surface area contributed by atoms with E-state index >= 15 is 0 Å². The van der Waals surface area contributed by atoms with Gasteiger partial charge in [-0.3, -0.25) is 9.59 Å². The van der Waals surface area contributed by atoms with Crippen molar-refractivity contribution in [3.05, 3.63) is 47.8 Å². The topological polar surface area (TPSA) is 101 Å². The van der Waals surface area contributed by atoms with Crippen molar-refractivity contribution >= 4 is 11.8 Å². The van der Waals surface area contributed by atoms with E-state index in [-0.39, 0.29) is 36.5 Å². The fourth-order valence-corrected chi connectivity index (χ4v) is 3.90. The molecule has 174 valence electrons. The van der Waals surface area contributed by atoms with Gasteiger partial charge in [0.15, 0.2) is 0 Å². The van der Waals surface area contributed by atoms with Crippen molar-refractivity contribution in [3.8, 4) is 0 Å². The smallest absolute Gasteiger partial charge is 0.253 e. The number of amides is 2. The maximum absolute atomic E-state index is 12.9. The van der Waals surface area contributed by atoms with Gasteiger partial charge in [-0.05, 0) is 25.5 Å². The molecule has 0 saturated carbocycles. The molecule has 3 atom stereocenters. The Morgan fingerprint density at radius 2 is 2.09 bits per heavy atom. The summed E-state index contributed by atoms with van der Waals surface area (Å²) in [5, 5.41) is 17.8. The minimum absolute atomic E-state index is 0.00638. The van der Waals surface area contributed by atoms with Crippen molar-refractivity contribution < 1.29 is 19.4 Å². The van der Waals surface area contributed by atoms with E-state index in [9.17, 15) is 14.7 Å².